The Kier molecular flexibility index (Phi) is 8.46. The number of anilines is 2. The summed E-state index contributed by atoms with van der Waals surface area (Å²) in [6.45, 7) is 10.8. The number of nitrogens with zero attached hydrogens (tertiary/aromatic N) is 5. The number of amides is 2. The number of nitrogen functional groups attached to an aromatic ring is 1. The number of aromatic nitrogens is 4. The van der Waals surface area contributed by atoms with Crippen LogP contribution in [0.3, 0.4) is 0 Å². The maximum atomic E-state index is 12.3. The van der Waals surface area contributed by atoms with Gasteiger partial charge in [-0.05, 0) is 42.6 Å². The molecule has 4 atom stereocenters. The van der Waals surface area contributed by atoms with Gasteiger partial charge >= 0.3 is 6.03 Å². The quantitative estimate of drug-likeness (QED) is 0.262. The van der Waals surface area contributed by atoms with E-state index in [0.717, 1.165) is 12.2 Å². The zero-order valence-electron chi connectivity index (χ0n) is 22.3. The maximum Gasteiger partial charge on any atom is 0.319 e. The average molecular weight is 527 g/mol. The first-order valence-corrected chi connectivity index (χ1v) is 12.9. The van der Waals surface area contributed by atoms with E-state index in [0.29, 0.717) is 37.2 Å². The van der Waals surface area contributed by atoms with Gasteiger partial charge in [0.2, 0.25) is 0 Å². The van der Waals surface area contributed by atoms with Gasteiger partial charge in [0.15, 0.2) is 17.7 Å². The van der Waals surface area contributed by atoms with Gasteiger partial charge in [-0.1, -0.05) is 39.8 Å². The second kappa shape index (κ2) is 11.6. The number of likely N-dealkylation sites (N-methyl/N-ethyl adjacent to an activating group) is 1. The highest BCUT2D eigenvalue weighted by molar-refractivity contribution is 5.89. The van der Waals surface area contributed by atoms with Crippen LogP contribution in [0.15, 0.2) is 36.9 Å². The van der Waals surface area contributed by atoms with E-state index in [1.54, 1.807) is 4.57 Å². The Morgan fingerprint density at radius 2 is 1.89 bits per heavy atom. The monoisotopic (exact) mass is 526 g/mol. The largest absolute Gasteiger partial charge is 0.387 e. The molecule has 6 N–H and O–H groups in total. The number of rotatable bonds is 9. The normalized spacial score (nSPS) is 21.8. The first-order chi connectivity index (χ1) is 18.1. The van der Waals surface area contributed by atoms with Gasteiger partial charge in [-0.25, -0.2) is 19.7 Å². The van der Waals surface area contributed by atoms with Crippen LogP contribution >= 0.6 is 0 Å². The van der Waals surface area contributed by atoms with Crippen molar-refractivity contribution < 1.29 is 19.7 Å². The molecular weight excluding hydrogens is 488 g/mol. The van der Waals surface area contributed by atoms with E-state index >= 15 is 0 Å². The molecule has 1 saturated heterocycles. The Bertz CT molecular complexity index is 1230. The summed E-state index contributed by atoms with van der Waals surface area (Å²) in [5.74, 6) is 0.233. The lowest BCUT2D eigenvalue weighted by atomic mass is 9.87. The highest BCUT2D eigenvalue weighted by atomic mass is 16.6. The van der Waals surface area contributed by atoms with Gasteiger partial charge in [0.1, 0.15) is 30.2 Å². The number of aliphatic hydroxyl groups is 2. The molecule has 38 heavy (non-hydrogen) atoms. The van der Waals surface area contributed by atoms with Crippen LogP contribution in [0.25, 0.3) is 11.2 Å². The number of nitrogens with two attached hydrogens (primary N) is 1. The predicted molar refractivity (Wildman–Crippen MR) is 145 cm³/mol. The Morgan fingerprint density at radius 3 is 2.58 bits per heavy atom. The van der Waals surface area contributed by atoms with E-state index in [-0.39, 0.29) is 17.3 Å². The molecule has 1 aromatic carbocycles. The van der Waals surface area contributed by atoms with Crippen molar-refractivity contribution in [2.45, 2.75) is 64.1 Å². The van der Waals surface area contributed by atoms with Crippen LogP contribution in [0.5, 0.6) is 0 Å². The Morgan fingerprint density at radius 1 is 1.16 bits per heavy atom. The van der Waals surface area contributed by atoms with Crippen molar-refractivity contribution in [3.8, 4) is 0 Å². The number of carbonyl (C=O) groups is 1. The number of ether oxygens (including phenoxy) is 1. The molecule has 1 aliphatic heterocycles. The third-order valence-corrected chi connectivity index (χ3v) is 6.83. The topological polar surface area (TPSA) is 164 Å². The smallest absolute Gasteiger partial charge is 0.319 e. The van der Waals surface area contributed by atoms with Crippen molar-refractivity contribution in [3.05, 3.63) is 42.5 Å². The molecular formula is C26H38N8O4. The van der Waals surface area contributed by atoms with E-state index in [2.05, 4.69) is 51.3 Å². The fourth-order valence-corrected chi connectivity index (χ4v) is 4.53. The number of benzene rings is 1. The summed E-state index contributed by atoms with van der Waals surface area (Å²) < 4.78 is 7.62. The molecule has 4 rings (SSSR count). The molecule has 2 aromatic heterocycles. The molecule has 12 nitrogen and oxygen atoms in total. The molecule has 3 heterocycles. The van der Waals surface area contributed by atoms with E-state index < -0.39 is 24.5 Å². The lowest BCUT2D eigenvalue weighted by Crippen LogP contribution is -2.41. The Labute approximate surface area is 222 Å². The minimum absolute atomic E-state index is 0.0574. The Hall–Kier alpha value is -3.32. The summed E-state index contributed by atoms with van der Waals surface area (Å²) >= 11 is 0. The summed E-state index contributed by atoms with van der Waals surface area (Å²) in [5.41, 5.74) is 8.70. The molecule has 12 heteroatoms. The number of hydrogen-bond donors (Lipinski definition) is 5. The summed E-state index contributed by atoms with van der Waals surface area (Å²) in [7, 11) is 0. The second-order valence-electron chi connectivity index (χ2n) is 10.6. The van der Waals surface area contributed by atoms with Crippen LogP contribution in [0.1, 0.15) is 45.9 Å². The molecule has 206 valence electrons. The lowest BCUT2D eigenvalue weighted by molar-refractivity contribution is -0.0438. The van der Waals surface area contributed by atoms with Gasteiger partial charge < -0.3 is 36.2 Å². The van der Waals surface area contributed by atoms with Crippen LogP contribution in [0.4, 0.5) is 16.3 Å². The van der Waals surface area contributed by atoms with Gasteiger partial charge in [0.05, 0.1) is 6.33 Å². The number of aliphatic hydroxyl groups excluding tert-OH is 2. The second-order valence-corrected chi connectivity index (χ2v) is 10.6. The molecule has 0 spiro atoms. The Balaban J connectivity index is 1.24. The van der Waals surface area contributed by atoms with Crippen LogP contribution in [-0.2, 0) is 10.2 Å². The van der Waals surface area contributed by atoms with Crippen molar-refractivity contribution in [1.29, 1.82) is 0 Å². The summed E-state index contributed by atoms with van der Waals surface area (Å²) in [6, 6.07) is 7.60. The molecule has 0 radical (unpaired) electrons. The van der Waals surface area contributed by atoms with Crippen molar-refractivity contribution in [3.63, 3.8) is 0 Å². The van der Waals surface area contributed by atoms with Crippen molar-refractivity contribution in [1.82, 2.24) is 29.7 Å². The van der Waals surface area contributed by atoms with E-state index in [4.69, 9.17) is 10.5 Å². The molecule has 1 fully saturated rings. The number of carbonyl (C=O) groups excluding carboxylic acids is 1. The van der Waals surface area contributed by atoms with Crippen LogP contribution in [0, 0.1) is 0 Å². The highest BCUT2D eigenvalue weighted by Gasteiger charge is 2.44. The standard InChI is InChI=1S/C26H38N8O4/c1-5-33(12-6-11-28-25(37)32-17-9-7-16(8-10-17)26(2,3)4)13-18-20(35)21(36)24(38-18)34-15-31-19-22(27)29-14-30-23(19)34/h7-10,14-15,18,20-21,24,35-36H,5-6,11-13H2,1-4H3,(H2,27,29,30)(H2,28,32,37). The van der Waals surface area contributed by atoms with Crippen molar-refractivity contribution in [2.24, 2.45) is 0 Å². The van der Waals surface area contributed by atoms with Crippen molar-refractivity contribution in [2.75, 3.05) is 37.2 Å². The van der Waals surface area contributed by atoms with Gasteiger partial charge in [-0.15, -0.1) is 0 Å². The first kappa shape index (κ1) is 27.7. The third-order valence-electron chi connectivity index (χ3n) is 6.83. The summed E-state index contributed by atoms with van der Waals surface area (Å²) in [6.07, 6.45) is -0.196. The highest BCUT2D eigenvalue weighted by Crippen LogP contribution is 2.32. The molecule has 0 bridgehead atoms. The molecule has 4 unspecified atom stereocenters. The van der Waals surface area contributed by atoms with Gasteiger partial charge in [-0.2, -0.15) is 0 Å². The number of imidazole rings is 1. The van der Waals surface area contributed by atoms with Crippen LogP contribution < -0.4 is 16.4 Å². The summed E-state index contributed by atoms with van der Waals surface area (Å²) in [4.78, 5) is 26.7. The van der Waals surface area contributed by atoms with E-state index in [1.807, 2.05) is 31.2 Å². The molecule has 0 aliphatic carbocycles. The molecule has 3 aromatic rings. The summed E-state index contributed by atoms with van der Waals surface area (Å²) in [5, 5.41) is 27.1. The fraction of sp³-hybridized carbons (Fsp3) is 0.538. The maximum absolute atomic E-state index is 12.3. The number of urea groups is 1. The minimum Gasteiger partial charge on any atom is -0.387 e. The van der Waals surface area contributed by atoms with E-state index in [1.165, 1.54) is 18.2 Å². The molecule has 2 amide bonds. The van der Waals surface area contributed by atoms with Gasteiger partial charge in [0.25, 0.3) is 0 Å². The fourth-order valence-electron chi connectivity index (χ4n) is 4.53. The van der Waals surface area contributed by atoms with Crippen molar-refractivity contribution >= 4 is 28.7 Å². The van der Waals surface area contributed by atoms with Crippen LogP contribution in [0.2, 0.25) is 0 Å². The van der Waals surface area contributed by atoms with Gasteiger partial charge in [-0.3, -0.25) is 4.57 Å². The first-order valence-electron chi connectivity index (χ1n) is 12.9. The zero-order chi connectivity index (χ0) is 27.4. The van der Waals surface area contributed by atoms with E-state index in [9.17, 15) is 15.0 Å². The lowest BCUT2D eigenvalue weighted by Gasteiger charge is -2.25. The SMILES string of the molecule is CCN(CCCNC(=O)Nc1ccc(C(C)(C)C)cc1)CC1OC(n2cnc3c(N)ncnc32)C(O)C1O. The third kappa shape index (κ3) is 6.21. The molecule has 0 saturated carbocycles. The average Bonchev–Trinajstić information content (AvgIpc) is 3.43. The van der Waals surface area contributed by atoms with Gasteiger partial charge in [0, 0.05) is 18.8 Å². The number of hydrogen-bond acceptors (Lipinski definition) is 9. The zero-order valence-corrected chi connectivity index (χ0v) is 22.3. The molecule has 1 aliphatic rings. The van der Waals surface area contributed by atoms with Crippen LogP contribution in [-0.4, -0.2) is 85.2 Å². The minimum atomic E-state index is -1.16. The number of fused-ring (bicyclic) bond motifs is 1. The predicted octanol–water partition coefficient (Wildman–Crippen LogP) is 1.86. The number of nitrogens with one attached hydrogen (secondary N) is 2.